The molecule has 0 radical (unpaired) electrons. The van der Waals surface area contributed by atoms with Gasteiger partial charge in [0.1, 0.15) is 0 Å². The number of carboxylic acids is 1. The van der Waals surface area contributed by atoms with Crippen LogP contribution in [-0.4, -0.2) is 24.2 Å². The van der Waals surface area contributed by atoms with E-state index in [1.165, 1.54) is 0 Å². The van der Waals surface area contributed by atoms with Crippen LogP contribution in [0.15, 0.2) is 41.5 Å². The van der Waals surface area contributed by atoms with Crippen molar-refractivity contribution in [2.75, 3.05) is 13.2 Å². The standard InChI is InChI=1S/C14H13NO3.ClH/c16-14(17)10-5-11-8-18-7-9-3-1-2-4-12(9)13(11)15-6-10;/h1-5,15H,6-8H2,(H,16,17);1H. The second kappa shape index (κ2) is 5.47. The predicted octanol–water partition coefficient (Wildman–Crippen LogP) is 1.96. The van der Waals surface area contributed by atoms with Crippen LogP contribution < -0.4 is 5.32 Å². The maximum Gasteiger partial charge on any atom is 0.333 e. The Hall–Kier alpha value is -1.78. The van der Waals surface area contributed by atoms with Crippen molar-refractivity contribution in [2.24, 2.45) is 0 Å². The van der Waals surface area contributed by atoms with Crippen molar-refractivity contribution in [3.05, 3.63) is 52.6 Å². The molecule has 0 amide bonds. The first-order valence-corrected chi connectivity index (χ1v) is 5.82. The van der Waals surface area contributed by atoms with Crippen LogP contribution in [0, 0.1) is 0 Å². The van der Waals surface area contributed by atoms with Crippen LogP contribution >= 0.6 is 12.4 Å². The monoisotopic (exact) mass is 279 g/mol. The maximum atomic E-state index is 11.0. The third-order valence-corrected chi connectivity index (χ3v) is 3.20. The molecule has 1 aromatic carbocycles. The average Bonchev–Trinajstić information content (AvgIpc) is 2.57. The van der Waals surface area contributed by atoms with Gasteiger partial charge in [-0.25, -0.2) is 4.79 Å². The summed E-state index contributed by atoms with van der Waals surface area (Å²) in [4.78, 5) is 11.0. The Morgan fingerprint density at radius 1 is 1.26 bits per heavy atom. The van der Waals surface area contributed by atoms with Crippen LogP contribution in [0.3, 0.4) is 0 Å². The molecule has 4 nitrogen and oxygen atoms in total. The molecule has 2 aliphatic heterocycles. The van der Waals surface area contributed by atoms with Crippen molar-refractivity contribution in [1.29, 1.82) is 0 Å². The number of carboxylic acid groups (broad SMARTS) is 1. The molecule has 0 fully saturated rings. The third kappa shape index (κ3) is 2.50. The highest BCUT2D eigenvalue weighted by Gasteiger charge is 2.22. The van der Waals surface area contributed by atoms with Crippen LogP contribution in [-0.2, 0) is 16.1 Å². The Morgan fingerprint density at radius 3 is 2.84 bits per heavy atom. The summed E-state index contributed by atoms with van der Waals surface area (Å²) in [6, 6.07) is 8.03. The largest absolute Gasteiger partial charge is 0.478 e. The molecule has 2 heterocycles. The molecular formula is C14H14ClNO3. The fraction of sp³-hybridized carbons (Fsp3) is 0.214. The third-order valence-electron chi connectivity index (χ3n) is 3.20. The predicted molar refractivity (Wildman–Crippen MR) is 74.0 cm³/mol. The summed E-state index contributed by atoms with van der Waals surface area (Å²) < 4.78 is 5.58. The lowest BCUT2D eigenvalue weighted by atomic mass is 9.98. The van der Waals surface area contributed by atoms with E-state index in [4.69, 9.17) is 9.84 Å². The second-order valence-corrected chi connectivity index (χ2v) is 4.38. The number of halogens is 1. The van der Waals surface area contributed by atoms with Crippen LogP contribution in [0.2, 0.25) is 0 Å². The summed E-state index contributed by atoms with van der Waals surface area (Å²) in [6.45, 7) is 1.34. The fourth-order valence-electron chi connectivity index (χ4n) is 2.31. The van der Waals surface area contributed by atoms with Crippen LogP contribution in [0.1, 0.15) is 11.1 Å². The number of fused-ring (bicyclic) bond motifs is 2. The number of carbonyl (C=O) groups is 1. The molecule has 0 unspecified atom stereocenters. The van der Waals surface area contributed by atoms with Gasteiger partial charge in [0.05, 0.1) is 18.8 Å². The molecule has 2 aliphatic rings. The molecule has 2 N–H and O–H groups in total. The summed E-state index contributed by atoms with van der Waals surface area (Å²) in [7, 11) is 0. The van der Waals surface area contributed by atoms with Gasteiger partial charge in [-0.3, -0.25) is 0 Å². The van der Waals surface area contributed by atoms with Crippen molar-refractivity contribution in [2.45, 2.75) is 6.61 Å². The molecule has 0 atom stereocenters. The number of hydrogen-bond acceptors (Lipinski definition) is 3. The van der Waals surface area contributed by atoms with Crippen LogP contribution in [0.5, 0.6) is 0 Å². The topological polar surface area (TPSA) is 58.6 Å². The van der Waals surface area contributed by atoms with Gasteiger partial charge in [0, 0.05) is 23.4 Å². The highest BCUT2D eigenvalue weighted by atomic mass is 35.5. The molecule has 0 aliphatic carbocycles. The molecule has 100 valence electrons. The van der Waals surface area contributed by atoms with Gasteiger partial charge < -0.3 is 15.2 Å². The van der Waals surface area contributed by atoms with E-state index in [9.17, 15) is 4.79 Å². The molecule has 1 aromatic rings. The van der Waals surface area contributed by atoms with E-state index in [-0.39, 0.29) is 12.4 Å². The van der Waals surface area contributed by atoms with Crippen molar-refractivity contribution in [3.63, 3.8) is 0 Å². The summed E-state index contributed by atoms with van der Waals surface area (Å²) >= 11 is 0. The van der Waals surface area contributed by atoms with Gasteiger partial charge >= 0.3 is 5.97 Å². The number of nitrogens with one attached hydrogen (secondary N) is 1. The lowest BCUT2D eigenvalue weighted by Crippen LogP contribution is -2.25. The van der Waals surface area contributed by atoms with Gasteiger partial charge in [-0.2, -0.15) is 0 Å². The van der Waals surface area contributed by atoms with Crippen LogP contribution in [0.25, 0.3) is 5.70 Å². The second-order valence-electron chi connectivity index (χ2n) is 4.38. The molecule has 19 heavy (non-hydrogen) atoms. The van der Waals surface area contributed by atoms with Crippen molar-refractivity contribution in [1.82, 2.24) is 5.32 Å². The average molecular weight is 280 g/mol. The minimum absolute atomic E-state index is 0. The van der Waals surface area contributed by atoms with E-state index in [2.05, 4.69) is 5.32 Å². The van der Waals surface area contributed by atoms with E-state index in [0.717, 1.165) is 22.4 Å². The first-order chi connectivity index (χ1) is 8.75. The number of dihydropyridines is 1. The van der Waals surface area contributed by atoms with Gasteiger partial charge in [0.2, 0.25) is 0 Å². The highest BCUT2D eigenvalue weighted by molar-refractivity contribution is 5.90. The zero-order chi connectivity index (χ0) is 12.5. The maximum absolute atomic E-state index is 11.0. The van der Waals surface area contributed by atoms with Gasteiger partial charge in [-0.05, 0) is 11.6 Å². The molecule has 3 rings (SSSR count). The van der Waals surface area contributed by atoms with E-state index in [1.807, 2.05) is 24.3 Å². The summed E-state index contributed by atoms with van der Waals surface area (Å²) in [5.41, 5.74) is 4.50. The molecular weight excluding hydrogens is 266 g/mol. The Balaban J connectivity index is 0.00000133. The van der Waals surface area contributed by atoms with Crippen molar-refractivity contribution in [3.8, 4) is 0 Å². The molecule has 0 saturated heterocycles. The van der Waals surface area contributed by atoms with E-state index < -0.39 is 5.97 Å². The zero-order valence-corrected chi connectivity index (χ0v) is 11.0. The lowest BCUT2D eigenvalue weighted by molar-refractivity contribution is -0.132. The van der Waals surface area contributed by atoms with E-state index in [1.54, 1.807) is 6.08 Å². The summed E-state index contributed by atoms with van der Waals surface area (Å²) in [6.07, 6.45) is 1.72. The SMILES string of the molecule is Cl.O=C(O)C1=CC2=C(NC1)c1ccccc1COC2. The fourth-order valence-corrected chi connectivity index (χ4v) is 2.31. The molecule has 0 saturated carbocycles. The summed E-state index contributed by atoms with van der Waals surface area (Å²) in [5, 5.41) is 12.2. The normalized spacial score (nSPS) is 17.2. The number of ether oxygens (including phenoxy) is 1. The zero-order valence-electron chi connectivity index (χ0n) is 10.2. The van der Waals surface area contributed by atoms with Gasteiger partial charge in [-0.15, -0.1) is 12.4 Å². The summed E-state index contributed by atoms with van der Waals surface area (Å²) in [5.74, 6) is -0.883. The Labute approximate surface area is 117 Å². The minimum atomic E-state index is -0.883. The molecule has 5 heteroatoms. The minimum Gasteiger partial charge on any atom is -0.478 e. The Bertz CT molecular complexity index is 578. The van der Waals surface area contributed by atoms with Gasteiger partial charge in [0.25, 0.3) is 0 Å². The van der Waals surface area contributed by atoms with E-state index >= 15 is 0 Å². The van der Waals surface area contributed by atoms with E-state index in [0.29, 0.717) is 25.3 Å². The first-order valence-electron chi connectivity index (χ1n) is 5.82. The molecule has 0 bridgehead atoms. The smallest absolute Gasteiger partial charge is 0.333 e. The van der Waals surface area contributed by atoms with Crippen molar-refractivity contribution >= 4 is 24.1 Å². The molecule has 0 aromatic heterocycles. The Morgan fingerprint density at radius 2 is 2.05 bits per heavy atom. The number of aliphatic carboxylic acids is 1. The Kier molecular flexibility index (Phi) is 3.93. The number of hydrogen-bond donors (Lipinski definition) is 2. The highest BCUT2D eigenvalue weighted by Crippen LogP contribution is 2.28. The van der Waals surface area contributed by atoms with Gasteiger partial charge in [-0.1, -0.05) is 24.3 Å². The van der Waals surface area contributed by atoms with Gasteiger partial charge in [0.15, 0.2) is 0 Å². The first kappa shape index (κ1) is 13.6. The quantitative estimate of drug-likeness (QED) is 0.825. The number of benzene rings is 1. The van der Waals surface area contributed by atoms with Crippen molar-refractivity contribution < 1.29 is 14.6 Å². The number of rotatable bonds is 1. The van der Waals surface area contributed by atoms with Crippen LogP contribution in [0.4, 0.5) is 0 Å². The molecule has 0 spiro atoms. The lowest BCUT2D eigenvalue weighted by Gasteiger charge is -2.19.